The van der Waals surface area contributed by atoms with Gasteiger partial charge in [-0.3, -0.25) is 0 Å². The van der Waals surface area contributed by atoms with E-state index in [4.69, 9.17) is 4.74 Å². The third kappa shape index (κ3) is 3.58. The molecule has 0 saturated heterocycles. The molecule has 1 saturated carbocycles. The van der Waals surface area contributed by atoms with Gasteiger partial charge in [0.2, 0.25) is 0 Å². The first-order chi connectivity index (χ1) is 10.2. The van der Waals surface area contributed by atoms with Gasteiger partial charge in [0.05, 0.1) is 9.67 Å². The van der Waals surface area contributed by atoms with Crippen LogP contribution in [0.3, 0.4) is 0 Å². The zero-order valence-corrected chi connectivity index (χ0v) is 14.0. The van der Waals surface area contributed by atoms with Gasteiger partial charge in [-0.05, 0) is 65.1 Å². The Morgan fingerprint density at radius 1 is 0.952 bits per heavy atom. The summed E-state index contributed by atoms with van der Waals surface area (Å²) < 4.78 is 7.12. The van der Waals surface area contributed by atoms with E-state index >= 15 is 0 Å². The van der Waals surface area contributed by atoms with Gasteiger partial charge in [0.1, 0.15) is 11.9 Å². The summed E-state index contributed by atoms with van der Waals surface area (Å²) in [4.78, 5) is 0. The average molecular weight is 394 g/mol. The maximum absolute atomic E-state index is 10.0. The molecule has 2 aromatic rings. The zero-order chi connectivity index (χ0) is 14.7. The summed E-state index contributed by atoms with van der Waals surface area (Å²) in [6.45, 7) is 0. The Morgan fingerprint density at radius 2 is 1.71 bits per heavy atom. The Bertz CT molecular complexity index is 597. The fourth-order valence-electron chi connectivity index (χ4n) is 2.78. The van der Waals surface area contributed by atoms with Crippen LogP contribution in [-0.4, -0.2) is 17.3 Å². The molecular weight excluding hydrogens is 375 g/mol. The van der Waals surface area contributed by atoms with Crippen LogP contribution in [0.1, 0.15) is 25.7 Å². The van der Waals surface area contributed by atoms with E-state index in [2.05, 4.69) is 46.9 Å². The summed E-state index contributed by atoms with van der Waals surface area (Å²) >= 11 is 2.31. The van der Waals surface area contributed by atoms with Crippen molar-refractivity contribution in [1.29, 1.82) is 0 Å². The molecule has 0 aromatic heterocycles. The normalized spacial score (nSPS) is 22.0. The van der Waals surface area contributed by atoms with Crippen LogP contribution < -0.4 is 4.74 Å². The molecule has 1 fully saturated rings. The second-order valence-electron chi connectivity index (χ2n) is 5.52. The number of halogens is 1. The molecule has 0 spiro atoms. The third-order valence-corrected chi connectivity index (χ3v) is 4.83. The standard InChI is InChI=1S/C18H19IO2/c19-15-12-14(13-6-2-1-3-7-13)10-11-17(15)21-18-9-5-4-8-16(18)20/h1-3,6-7,10-12,16,18,20H,4-5,8-9H2/t16-,18-/m0/s1. The van der Waals surface area contributed by atoms with Gasteiger partial charge in [-0.1, -0.05) is 42.8 Å². The summed E-state index contributed by atoms with van der Waals surface area (Å²) in [6, 6.07) is 16.6. The van der Waals surface area contributed by atoms with Gasteiger partial charge in [-0.25, -0.2) is 0 Å². The van der Waals surface area contributed by atoms with E-state index in [0.29, 0.717) is 0 Å². The Morgan fingerprint density at radius 3 is 2.43 bits per heavy atom. The van der Waals surface area contributed by atoms with Crippen LogP contribution in [0.5, 0.6) is 5.75 Å². The van der Waals surface area contributed by atoms with Gasteiger partial charge in [0.25, 0.3) is 0 Å². The maximum Gasteiger partial charge on any atom is 0.133 e. The van der Waals surface area contributed by atoms with Crippen LogP contribution >= 0.6 is 22.6 Å². The second-order valence-corrected chi connectivity index (χ2v) is 6.68. The zero-order valence-electron chi connectivity index (χ0n) is 11.8. The molecule has 1 N–H and O–H groups in total. The lowest BCUT2D eigenvalue weighted by molar-refractivity contribution is 0.00644. The van der Waals surface area contributed by atoms with Crippen molar-refractivity contribution in [2.75, 3.05) is 0 Å². The monoisotopic (exact) mass is 394 g/mol. The molecule has 2 nitrogen and oxygen atoms in total. The molecule has 21 heavy (non-hydrogen) atoms. The SMILES string of the molecule is O[C@H]1CCCC[C@@H]1Oc1ccc(-c2ccccc2)cc1I. The van der Waals surface area contributed by atoms with Crippen molar-refractivity contribution >= 4 is 22.6 Å². The molecule has 3 rings (SSSR count). The third-order valence-electron chi connectivity index (χ3n) is 3.99. The molecule has 0 unspecified atom stereocenters. The molecule has 110 valence electrons. The molecule has 0 radical (unpaired) electrons. The Kier molecular flexibility index (Phi) is 4.80. The molecule has 3 heteroatoms. The number of aliphatic hydroxyl groups is 1. The van der Waals surface area contributed by atoms with Gasteiger partial charge in [-0.15, -0.1) is 0 Å². The first-order valence-corrected chi connectivity index (χ1v) is 8.51. The minimum Gasteiger partial charge on any atom is -0.487 e. The molecule has 1 aliphatic rings. The molecule has 0 bridgehead atoms. The molecule has 0 heterocycles. The minimum absolute atomic E-state index is 0.0603. The largest absolute Gasteiger partial charge is 0.487 e. The van der Waals surface area contributed by atoms with Crippen LogP contribution in [0.2, 0.25) is 0 Å². The summed E-state index contributed by atoms with van der Waals surface area (Å²) in [5, 5.41) is 10.0. The van der Waals surface area contributed by atoms with Crippen LogP contribution in [-0.2, 0) is 0 Å². The first kappa shape index (κ1) is 14.9. The lowest BCUT2D eigenvalue weighted by Crippen LogP contribution is -2.34. The Balaban J connectivity index is 1.78. The van der Waals surface area contributed by atoms with Gasteiger partial charge in [-0.2, -0.15) is 0 Å². The van der Waals surface area contributed by atoms with E-state index < -0.39 is 0 Å². The first-order valence-electron chi connectivity index (χ1n) is 7.44. The van der Waals surface area contributed by atoms with Crippen molar-refractivity contribution in [1.82, 2.24) is 0 Å². The van der Waals surface area contributed by atoms with Crippen molar-refractivity contribution in [3.05, 3.63) is 52.1 Å². The fraction of sp³-hybridized carbons (Fsp3) is 0.333. The minimum atomic E-state index is -0.330. The number of ether oxygens (including phenoxy) is 1. The number of aliphatic hydroxyl groups excluding tert-OH is 1. The number of benzene rings is 2. The van der Waals surface area contributed by atoms with Crippen molar-refractivity contribution < 1.29 is 9.84 Å². The fourth-order valence-corrected chi connectivity index (χ4v) is 3.43. The van der Waals surface area contributed by atoms with E-state index in [9.17, 15) is 5.11 Å². The summed E-state index contributed by atoms with van der Waals surface area (Å²) in [5.74, 6) is 0.876. The smallest absolute Gasteiger partial charge is 0.133 e. The van der Waals surface area contributed by atoms with E-state index in [0.717, 1.165) is 35.0 Å². The van der Waals surface area contributed by atoms with Crippen molar-refractivity contribution in [3.8, 4) is 16.9 Å². The van der Waals surface area contributed by atoms with Crippen LogP contribution in [0, 0.1) is 3.57 Å². The van der Waals surface area contributed by atoms with Gasteiger partial charge in [0, 0.05) is 0 Å². The molecule has 0 aliphatic heterocycles. The molecule has 2 atom stereocenters. The maximum atomic E-state index is 10.0. The highest BCUT2D eigenvalue weighted by Crippen LogP contribution is 2.31. The van der Waals surface area contributed by atoms with E-state index in [-0.39, 0.29) is 12.2 Å². The average Bonchev–Trinajstić information content (AvgIpc) is 2.52. The van der Waals surface area contributed by atoms with Crippen molar-refractivity contribution in [2.45, 2.75) is 37.9 Å². The van der Waals surface area contributed by atoms with Crippen LogP contribution in [0.25, 0.3) is 11.1 Å². The summed E-state index contributed by atoms with van der Waals surface area (Å²) in [6.07, 6.45) is 3.64. The summed E-state index contributed by atoms with van der Waals surface area (Å²) in [5.41, 5.74) is 2.40. The van der Waals surface area contributed by atoms with Gasteiger partial charge >= 0.3 is 0 Å². The lowest BCUT2D eigenvalue weighted by atomic mass is 9.95. The summed E-state index contributed by atoms with van der Waals surface area (Å²) in [7, 11) is 0. The van der Waals surface area contributed by atoms with Crippen molar-refractivity contribution in [3.63, 3.8) is 0 Å². The van der Waals surface area contributed by atoms with Gasteiger partial charge < -0.3 is 9.84 Å². The number of rotatable bonds is 3. The molecule has 2 aromatic carbocycles. The second kappa shape index (κ2) is 6.79. The topological polar surface area (TPSA) is 29.5 Å². The number of hydrogen-bond acceptors (Lipinski definition) is 2. The highest BCUT2D eigenvalue weighted by Gasteiger charge is 2.25. The van der Waals surface area contributed by atoms with Gasteiger partial charge in [0.15, 0.2) is 0 Å². The van der Waals surface area contributed by atoms with E-state index in [1.54, 1.807) is 0 Å². The van der Waals surface area contributed by atoms with Crippen molar-refractivity contribution in [2.24, 2.45) is 0 Å². The molecular formula is C18H19IO2. The van der Waals surface area contributed by atoms with Crippen LogP contribution in [0.4, 0.5) is 0 Å². The Hall–Kier alpha value is -1.07. The predicted molar refractivity (Wildman–Crippen MR) is 93.5 cm³/mol. The quantitative estimate of drug-likeness (QED) is 0.769. The number of hydrogen-bond donors (Lipinski definition) is 1. The van der Waals surface area contributed by atoms with E-state index in [1.165, 1.54) is 11.1 Å². The molecule has 0 amide bonds. The highest BCUT2D eigenvalue weighted by molar-refractivity contribution is 14.1. The Labute approximate surface area is 139 Å². The molecule has 1 aliphatic carbocycles. The van der Waals surface area contributed by atoms with Crippen LogP contribution in [0.15, 0.2) is 48.5 Å². The highest BCUT2D eigenvalue weighted by atomic mass is 127. The van der Waals surface area contributed by atoms with E-state index in [1.807, 2.05) is 24.3 Å². The lowest BCUT2D eigenvalue weighted by Gasteiger charge is -2.28. The predicted octanol–water partition coefficient (Wildman–Crippen LogP) is 4.64.